The van der Waals surface area contributed by atoms with Crippen LogP contribution in [0.2, 0.25) is 0 Å². The molecule has 2 rings (SSSR count). The standard InChI is InChI=1S/C18H22F3N3O4/c1-3-13(28-18(19,20)21)7-5-6-12-8-10-14(11-9-12)27-16-15(22-24-23-16)17(25)26-4-2/h3,5-7,12,14H,1,4,8-11H2,2H3,(H,22,23,24)/b6-5+,13-7+. The normalized spacial score (nSPS) is 20.8. The number of nitrogens with one attached hydrogen (secondary N) is 1. The van der Waals surface area contributed by atoms with E-state index >= 15 is 0 Å². The Morgan fingerprint density at radius 3 is 2.64 bits per heavy atom. The summed E-state index contributed by atoms with van der Waals surface area (Å²) in [6.45, 7) is 5.22. The Morgan fingerprint density at radius 1 is 1.32 bits per heavy atom. The molecule has 1 saturated carbocycles. The van der Waals surface area contributed by atoms with E-state index in [0.717, 1.165) is 18.9 Å². The van der Waals surface area contributed by atoms with Gasteiger partial charge in [0.1, 0.15) is 11.9 Å². The quantitative estimate of drug-likeness (QED) is 0.401. The Morgan fingerprint density at radius 2 is 2.04 bits per heavy atom. The number of hydrogen-bond donors (Lipinski definition) is 1. The maximum atomic E-state index is 12.2. The molecule has 1 aliphatic rings. The van der Waals surface area contributed by atoms with Crippen molar-refractivity contribution in [2.75, 3.05) is 6.61 Å². The molecule has 0 atom stereocenters. The molecule has 0 bridgehead atoms. The van der Waals surface area contributed by atoms with Crippen molar-refractivity contribution in [1.82, 2.24) is 15.4 Å². The van der Waals surface area contributed by atoms with Crippen LogP contribution in [0.3, 0.4) is 0 Å². The van der Waals surface area contributed by atoms with Crippen molar-refractivity contribution in [3.63, 3.8) is 0 Å². The second kappa shape index (κ2) is 9.95. The minimum Gasteiger partial charge on any atom is -0.472 e. The molecule has 154 valence electrons. The predicted octanol–water partition coefficient (Wildman–Crippen LogP) is 4.08. The Hall–Kier alpha value is -2.78. The number of rotatable bonds is 8. The van der Waals surface area contributed by atoms with Crippen molar-refractivity contribution in [3.05, 3.63) is 42.3 Å². The molecule has 28 heavy (non-hydrogen) atoms. The Labute approximate surface area is 160 Å². The van der Waals surface area contributed by atoms with Crippen LogP contribution in [0.1, 0.15) is 43.1 Å². The Kier molecular flexibility index (Phi) is 7.65. The average Bonchev–Trinajstić information content (AvgIpc) is 3.09. The van der Waals surface area contributed by atoms with Crippen molar-refractivity contribution in [3.8, 4) is 5.88 Å². The topological polar surface area (TPSA) is 86.3 Å². The van der Waals surface area contributed by atoms with Crippen LogP contribution in [0, 0.1) is 5.92 Å². The van der Waals surface area contributed by atoms with Crippen LogP contribution in [0.5, 0.6) is 5.88 Å². The molecule has 0 amide bonds. The summed E-state index contributed by atoms with van der Waals surface area (Å²) in [7, 11) is 0. The number of carbonyl (C=O) groups excluding carboxylic acids is 1. The number of halogens is 3. The molecule has 1 aliphatic carbocycles. The SMILES string of the molecule is C=C/C(=C\C=C\C1CCC(Oc2nn[nH]c2C(=O)OCC)CC1)OC(F)(F)F. The van der Waals surface area contributed by atoms with E-state index in [9.17, 15) is 18.0 Å². The zero-order chi connectivity index (χ0) is 20.6. The molecule has 7 nitrogen and oxygen atoms in total. The molecule has 1 aromatic heterocycles. The predicted molar refractivity (Wildman–Crippen MR) is 93.3 cm³/mol. The van der Waals surface area contributed by atoms with Crippen LogP contribution in [-0.4, -0.2) is 40.5 Å². The van der Waals surface area contributed by atoms with Gasteiger partial charge in [0, 0.05) is 0 Å². The molecular weight excluding hydrogens is 379 g/mol. The van der Waals surface area contributed by atoms with Crippen LogP contribution >= 0.6 is 0 Å². The fraction of sp³-hybridized carbons (Fsp3) is 0.500. The lowest BCUT2D eigenvalue weighted by Crippen LogP contribution is -2.24. The second-order valence-electron chi connectivity index (χ2n) is 6.07. The fourth-order valence-corrected chi connectivity index (χ4v) is 2.78. The molecule has 1 aromatic rings. The van der Waals surface area contributed by atoms with Gasteiger partial charge in [0.2, 0.25) is 5.69 Å². The van der Waals surface area contributed by atoms with Crippen molar-refractivity contribution >= 4 is 5.97 Å². The van der Waals surface area contributed by atoms with Crippen LogP contribution in [0.25, 0.3) is 0 Å². The highest BCUT2D eigenvalue weighted by molar-refractivity contribution is 5.89. The summed E-state index contributed by atoms with van der Waals surface area (Å²) in [6.07, 6.45) is 3.71. The second-order valence-corrected chi connectivity index (χ2v) is 6.07. The first-order valence-electron chi connectivity index (χ1n) is 8.83. The van der Waals surface area contributed by atoms with E-state index in [0.29, 0.717) is 12.8 Å². The smallest absolute Gasteiger partial charge is 0.472 e. The van der Waals surface area contributed by atoms with Gasteiger partial charge in [-0.1, -0.05) is 29.0 Å². The molecule has 0 unspecified atom stereocenters. The van der Waals surface area contributed by atoms with Crippen molar-refractivity contribution in [2.45, 2.75) is 45.1 Å². The highest BCUT2D eigenvalue weighted by Gasteiger charge is 2.31. The summed E-state index contributed by atoms with van der Waals surface area (Å²) >= 11 is 0. The van der Waals surface area contributed by atoms with Gasteiger partial charge < -0.3 is 14.2 Å². The summed E-state index contributed by atoms with van der Waals surface area (Å²) in [6, 6.07) is 0. The van der Waals surface area contributed by atoms with Gasteiger partial charge in [-0.15, -0.1) is 13.2 Å². The first kappa shape index (κ1) is 21.5. The highest BCUT2D eigenvalue weighted by atomic mass is 19.4. The largest absolute Gasteiger partial charge is 0.573 e. The minimum absolute atomic E-state index is 0.0793. The van der Waals surface area contributed by atoms with Gasteiger partial charge in [-0.05, 0) is 50.7 Å². The highest BCUT2D eigenvalue weighted by Crippen LogP contribution is 2.29. The maximum absolute atomic E-state index is 12.2. The number of esters is 1. The van der Waals surface area contributed by atoms with Gasteiger partial charge in [0.25, 0.3) is 5.88 Å². The van der Waals surface area contributed by atoms with Crippen LogP contribution < -0.4 is 4.74 Å². The molecule has 0 aromatic carbocycles. The van der Waals surface area contributed by atoms with Crippen LogP contribution in [0.4, 0.5) is 13.2 Å². The summed E-state index contributed by atoms with van der Waals surface area (Å²) in [5, 5.41) is 9.82. The van der Waals surface area contributed by atoms with E-state index in [1.807, 2.05) is 6.08 Å². The summed E-state index contributed by atoms with van der Waals surface area (Å²) in [5.41, 5.74) is 0.0793. The van der Waals surface area contributed by atoms with Crippen molar-refractivity contribution in [1.29, 1.82) is 0 Å². The number of alkyl halides is 3. The van der Waals surface area contributed by atoms with E-state index in [1.165, 1.54) is 12.2 Å². The number of aromatic amines is 1. The number of H-pyrrole nitrogens is 1. The summed E-state index contributed by atoms with van der Waals surface area (Å²) < 4.78 is 51.1. The maximum Gasteiger partial charge on any atom is 0.573 e. The van der Waals surface area contributed by atoms with Gasteiger partial charge in [0.15, 0.2) is 0 Å². The minimum atomic E-state index is -4.74. The lowest BCUT2D eigenvalue weighted by Gasteiger charge is -2.26. The molecule has 0 aliphatic heterocycles. The van der Waals surface area contributed by atoms with Crippen molar-refractivity contribution in [2.24, 2.45) is 5.92 Å². The first-order valence-corrected chi connectivity index (χ1v) is 8.83. The first-order chi connectivity index (χ1) is 13.3. The molecule has 1 heterocycles. The molecule has 0 spiro atoms. The van der Waals surface area contributed by atoms with Crippen molar-refractivity contribution < 1.29 is 32.2 Å². The molecule has 10 heteroatoms. The zero-order valence-electron chi connectivity index (χ0n) is 15.4. The van der Waals surface area contributed by atoms with E-state index in [2.05, 4.69) is 26.7 Å². The fourth-order valence-electron chi connectivity index (χ4n) is 2.78. The molecule has 1 N–H and O–H groups in total. The van der Waals surface area contributed by atoms with E-state index in [1.54, 1.807) is 6.92 Å². The van der Waals surface area contributed by atoms with E-state index in [4.69, 9.17) is 9.47 Å². The number of hydrogen-bond acceptors (Lipinski definition) is 6. The van der Waals surface area contributed by atoms with Gasteiger partial charge in [-0.2, -0.15) is 0 Å². The molecule has 1 fully saturated rings. The van der Waals surface area contributed by atoms with Gasteiger partial charge in [0.05, 0.1) is 6.61 Å². The Balaban J connectivity index is 1.84. The molecule has 0 radical (unpaired) electrons. The number of aromatic nitrogens is 3. The monoisotopic (exact) mass is 401 g/mol. The van der Waals surface area contributed by atoms with E-state index in [-0.39, 0.29) is 36.0 Å². The lowest BCUT2D eigenvalue weighted by molar-refractivity contribution is -0.303. The number of carbonyl (C=O) groups is 1. The van der Waals surface area contributed by atoms with Gasteiger partial charge in [-0.25, -0.2) is 9.89 Å². The number of allylic oxidation sites excluding steroid dienone is 4. The van der Waals surface area contributed by atoms with Crippen LogP contribution in [-0.2, 0) is 9.47 Å². The van der Waals surface area contributed by atoms with E-state index < -0.39 is 12.3 Å². The average molecular weight is 401 g/mol. The van der Waals surface area contributed by atoms with Crippen LogP contribution in [0.15, 0.2) is 36.6 Å². The third-order valence-corrected chi connectivity index (χ3v) is 4.07. The zero-order valence-corrected chi connectivity index (χ0v) is 15.4. The third-order valence-electron chi connectivity index (χ3n) is 4.07. The lowest BCUT2D eigenvalue weighted by atomic mass is 9.87. The number of ether oxygens (including phenoxy) is 3. The number of nitrogens with zero attached hydrogens (tertiary/aromatic N) is 2. The van der Waals surface area contributed by atoms with Gasteiger partial charge >= 0.3 is 12.3 Å². The molecular formula is C18H22F3N3O4. The third kappa shape index (κ3) is 6.75. The summed E-state index contributed by atoms with van der Waals surface area (Å²) in [5.74, 6) is -0.626. The molecule has 0 saturated heterocycles. The Bertz CT molecular complexity index is 720. The summed E-state index contributed by atoms with van der Waals surface area (Å²) in [4.78, 5) is 11.8. The van der Waals surface area contributed by atoms with Gasteiger partial charge in [-0.3, -0.25) is 0 Å².